The molecular weight excluding hydrogens is 286 g/mol. The summed E-state index contributed by atoms with van der Waals surface area (Å²) in [6.07, 6.45) is 2.77. The Morgan fingerprint density at radius 2 is 2.19 bits per heavy atom. The molecule has 1 N–H and O–H groups in total. The summed E-state index contributed by atoms with van der Waals surface area (Å²) in [7, 11) is 0. The van der Waals surface area contributed by atoms with Gasteiger partial charge in [-0.15, -0.1) is 0 Å². The van der Waals surface area contributed by atoms with Crippen LogP contribution < -0.4 is 10.1 Å². The number of benzene rings is 1. The molecule has 3 nitrogen and oxygen atoms in total. The van der Waals surface area contributed by atoms with Gasteiger partial charge in [0, 0.05) is 17.1 Å². The molecule has 1 aliphatic rings. The molecule has 1 fully saturated rings. The number of hydrogen-bond acceptors (Lipinski definition) is 3. The molecule has 0 bridgehead atoms. The highest BCUT2D eigenvalue weighted by atomic mass is 35.5. The molecule has 1 heterocycles. The van der Waals surface area contributed by atoms with Crippen LogP contribution in [-0.4, -0.2) is 25.4 Å². The topological polar surface area (TPSA) is 30.5 Å². The Hall–Kier alpha value is -0.770. The fourth-order valence-electron chi connectivity index (χ4n) is 2.51. The molecule has 1 aliphatic heterocycles. The first-order chi connectivity index (χ1) is 10.0. The van der Waals surface area contributed by atoms with Crippen molar-refractivity contribution in [2.24, 2.45) is 5.92 Å². The first-order valence-corrected chi connectivity index (χ1v) is 8.19. The van der Waals surface area contributed by atoms with Crippen LogP contribution in [0.4, 0.5) is 0 Å². The van der Waals surface area contributed by atoms with E-state index in [4.69, 9.17) is 21.1 Å². The molecule has 0 spiro atoms. The summed E-state index contributed by atoms with van der Waals surface area (Å²) in [4.78, 5) is 0. The number of nitrogens with one attached hydrogen (secondary N) is 1. The standard InChI is InChI=1S/C17H26ClNO2/c1-12(2)9-19-10-14-8-15(18)5-7-17(14)20-11-16-6-4-13(3)21-16/h5,7-8,12-13,16,19H,4,6,9-11H2,1-3H3. The maximum absolute atomic E-state index is 6.10. The molecule has 0 aromatic heterocycles. The van der Waals surface area contributed by atoms with Crippen LogP contribution in [0, 0.1) is 5.92 Å². The van der Waals surface area contributed by atoms with Crippen molar-refractivity contribution in [2.75, 3.05) is 13.2 Å². The van der Waals surface area contributed by atoms with Gasteiger partial charge in [-0.1, -0.05) is 25.4 Å². The van der Waals surface area contributed by atoms with E-state index >= 15 is 0 Å². The molecule has 118 valence electrons. The van der Waals surface area contributed by atoms with Crippen LogP contribution in [0.2, 0.25) is 5.02 Å². The minimum absolute atomic E-state index is 0.215. The smallest absolute Gasteiger partial charge is 0.124 e. The predicted octanol–water partition coefficient (Wildman–Crippen LogP) is 4.03. The zero-order valence-corrected chi connectivity index (χ0v) is 14.0. The van der Waals surface area contributed by atoms with Crippen molar-refractivity contribution < 1.29 is 9.47 Å². The maximum Gasteiger partial charge on any atom is 0.124 e. The summed E-state index contributed by atoms with van der Waals surface area (Å²) in [5.74, 6) is 1.53. The lowest BCUT2D eigenvalue weighted by molar-refractivity contribution is 0.0262. The zero-order chi connectivity index (χ0) is 15.2. The van der Waals surface area contributed by atoms with Crippen molar-refractivity contribution in [3.05, 3.63) is 28.8 Å². The fourth-order valence-corrected chi connectivity index (χ4v) is 2.71. The van der Waals surface area contributed by atoms with E-state index < -0.39 is 0 Å². The van der Waals surface area contributed by atoms with Gasteiger partial charge in [-0.3, -0.25) is 0 Å². The maximum atomic E-state index is 6.10. The Bertz CT molecular complexity index is 450. The molecule has 1 aromatic carbocycles. The summed E-state index contributed by atoms with van der Waals surface area (Å²) in [6, 6.07) is 5.80. The van der Waals surface area contributed by atoms with Gasteiger partial charge in [0.15, 0.2) is 0 Å². The van der Waals surface area contributed by atoms with E-state index in [2.05, 4.69) is 26.1 Å². The van der Waals surface area contributed by atoms with Crippen molar-refractivity contribution in [1.29, 1.82) is 0 Å². The summed E-state index contributed by atoms with van der Waals surface area (Å²) in [6.45, 7) is 8.87. The third kappa shape index (κ3) is 5.50. The minimum atomic E-state index is 0.215. The normalized spacial score (nSPS) is 22.0. The Morgan fingerprint density at radius 1 is 1.38 bits per heavy atom. The molecule has 0 radical (unpaired) electrons. The Kier molecular flexibility index (Phi) is 6.34. The van der Waals surface area contributed by atoms with Gasteiger partial charge < -0.3 is 14.8 Å². The lowest BCUT2D eigenvalue weighted by atomic mass is 10.1. The second-order valence-corrected chi connectivity index (χ2v) is 6.67. The van der Waals surface area contributed by atoms with Crippen molar-refractivity contribution in [1.82, 2.24) is 5.32 Å². The van der Waals surface area contributed by atoms with Gasteiger partial charge >= 0.3 is 0 Å². The summed E-state index contributed by atoms with van der Waals surface area (Å²) in [5, 5.41) is 4.18. The van der Waals surface area contributed by atoms with Crippen LogP contribution in [0.1, 0.15) is 39.2 Å². The molecule has 4 heteroatoms. The largest absolute Gasteiger partial charge is 0.491 e. The second kappa shape index (κ2) is 8.02. The van der Waals surface area contributed by atoms with Crippen LogP contribution in [-0.2, 0) is 11.3 Å². The summed E-state index contributed by atoms with van der Waals surface area (Å²) in [5.41, 5.74) is 1.11. The Labute approximate surface area is 133 Å². The molecule has 2 rings (SSSR count). The third-order valence-corrected chi connectivity index (χ3v) is 3.87. The average molecular weight is 312 g/mol. The molecule has 0 saturated carbocycles. The van der Waals surface area contributed by atoms with Gasteiger partial charge in [0.25, 0.3) is 0 Å². The first kappa shape index (κ1) is 16.6. The molecule has 2 unspecified atom stereocenters. The fraction of sp³-hybridized carbons (Fsp3) is 0.647. The molecule has 1 saturated heterocycles. The van der Waals surface area contributed by atoms with Gasteiger partial charge in [-0.05, 0) is 50.4 Å². The van der Waals surface area contributed by atoms with Gasteiger partial charge in [0.2, 0.25) is 0 Å². The zero-order valence-electron chi connectivity index (χ0n) is 13.2. The van der Waals surface area contributed by atoms with Crippen LogP contribution in [0.3, 0.4) is 0 Å². The minimum Gasteiger partial charge on any atom is -0.491 e. The van der Waals surface area contributed by atoms with Crippen LogP contribution >= 0.6 is 11.6 Å². The van der Waals surface area contributed by atoms with Crippen LogP contribution in [0.5, 0.6) is 5.75 Å². The Balaban J connectivity index is 1.91. The average Bonchev–Trinajstić information content (AvgIpc) is 2.83. The molecule has 0 aliphatic carbocycles. The lowest BCUT2D eigenvalue weighted by Crippen LogP contribution is -2.21. The summed E-state index contributed by atoms with van der Waals surface area (Å²) < 4.78 is 11.8. The number of rotatable bonds is 7. The molecule has 0 amide bonds. The van der Waals surface area contributed by atoms with Crippen molar-refractivity contribution >= 4 is 11.6 Å². The van der Waals surface area contributed by atoms with E-state index in [0.29, 0.717) is 18.6 Å². The molecule has 21 heavy (non-hydrogen) atoms. The third-order valence-electron chi connectivity index (χ3n) is 3.64. The highest BCUT2D eigenvalue weighted by Gasteiger charge is 2.22. The monoisotopic (exact) mass is 311 g/mol. The molecule has 1 aromatic rings. The molecule has 2 atom stereocenters. The van der Waals surface area contributed by atoms with E-state index in [1.165, 1.54) is 0 Å². The van der Waals surface area contributed by atoms with E-state index in [1.807, 2.05) is 18.2 Å². The lowest BCUT2D eigenvalue weighted by Gasteiger charge is -2.16. The van der Waals surface area contributed by atoms with Gasteiger partial charge in [0.05, 0.1) is 12.2 Å². The number of halogens is 1. The highest BCUT2D eigenvalue weighted by molar-refractivity contribution is 6.30. The second-order valence-electron chi connectivity index (χ2n) is 6.23. The van der Waals surface area contributed by atoms with Gasteiger partial charge in [-0.25, -0.2) is 0 Å². The van der Waals surface area contributed by atoms with E-state index in [9.17, 15) is 0 Å². The number of hydrogen-bond donors (Lipinski definition) is 1. The van der Waals surface area contributed by atoms with Gasteiger partial charge in [-0.2, -0.15) is 0 Å². The van der Waals surface area contributed by atoms with E-state index in [-0.39, 0.29) is 6.10 Å². The van der Waals surface area contributed by atoms with Crippen molar-refractivity contribution in [3.63, 3.8) is 0 Å². The Morgan fingerprint density at radius 3 is 2.86 bits per heavy atom. The van der Waals surface area contributed by atoms with E-state index in [0.717, 1.165) is 42.3 Å². The first-order valence-electron chi connectivity index (χ1n) is 7.82. The van der Waals surface area contributed by atoms with Crippen molar-refractivity contribution in [3.8, 4) is 5.75 Å². The molecular formula is C17H26ClNO2. The quantitative estimate of drug-likeness (QED) is 0.824. The predicted molar refractivity (Wildman–Crippen MR) is 87.1 cm³/mol. The summed E-state index contributed by atoms with van der Waals surface area (Å²) >= 11 is 6.10. The van der Waals surface area contributed by atoms with Crippen LogP contribution in [0.15, 0.2) is 18.2 Å². The van der Waals surface area contributed by atoms with E-state index in [1.54, 1.807) is 0 Å². The SMILES string of the molecule is CC(C)CNCc1cc(Cl)ccc1OCC1CCC(C)O1. The van der Waals surface area contributed by atoms with Gasteiger partial charge in [0.1, 0.15) is 12.4 Å². The highest BCUT2D eigenvalue weighted by Crippen LogP contribution is 2.25. The number of ether oxygens (including phenoxy) is 2. The van der Waals surface area contributed by atoms with Crippen LogP contribution in [0.25, 0.3) is 0 Å². The van der Waals surface area contributed by atoms with Crippen molar-refractivity contribution in [2.45, 2.75) is 52.4 Å².